The van der Waals surface area contributed by atoms with Gasteiger partial charge in [0.25, 0.3) is 5.91 Å². The highest BCUT2D eigenvalue weighted by Gasteiger charge is 2.19. The predicted octanol–water partition coefficient (Wildman–Crippen LogP) is 3.77. The molecule has 0 fully saturated rings. The number of hydrogen-bond acceptors (Lipinski definition) is 5. The van der Waals surface area contributed by atoms with Crippen LogP contribution in [-0.2, 0) is 9.53 Å². The van der Waals surface area contributed by atoms with Crippen LogP contribution in [0, 0.1) is 0 Å². The molecular formula is C24H23NO5. The number of methoxy groups -OCH3 is 2. The SMILES string of the molecule is COc1ccc([C@@H](NC(=O)COC(=O)c2ccccc2OC)c2ccccc2)cc1. The van der Waals surface area contributed by atoms with E-state index >= 15 is 0 Å². The highest BCUT2D eigenvalue weighted by molar-refractivity contribution is 5.94. The number of carbonyl (C=O) groups is 2. The Balaban J connectivity index is 1.71. The maximum absolute atomic E-state index is 12.6. The van der Waals surface area contributed by atoms with Gasteiger partial charge in [-0.15, -0.1) is 0 Å². The summed E-state index contributed by atoms with van der Waals surface area (Å²) < 4.78 is 15.6. The van der Waals surface area contributed by atoms with Crippen LogP contribution in [0.1, 0.15) is 27.5 Å². The van der Waals surface area contributed by atoms with Crippen LogP contribution in [0.25, 0.3) is 0 Å². The first-order valence-electron chi connectivity index (χ1n) is 9.40. The average molecular weight is 405 g/mol. The normalized spacial score (nSPS) is 11.3. The summed E-state index contributed by atoms with van der Waals surface area (Å²) >= 11 is 0. The van der Waals surface area contributed by atoms with E-state index in [-0.39, 0.29) is 5.56 Å². The number of carbonyl (C=O) groups excluding carboxylic acids is 2. The lowest BCUT2D eigenvalue weighted by Gasteiger charge is -2.20. The van der Waals surface area contributed by atoms with Gasteiger partial charge in [0.05, 0.1) is 20.3 Å². The number of esters is 1. The van der Waals surface area contributed by atoms with Crippen molar-refractivity contribution in [1.29, 1.82) is 0 Å². The first-order valence-corrected chi connectivity index (χ1v) is 9.40. The highest BCUT2D eigenvalue weighted by Crippen LogP contribution is 2.24. The zero-order chi connectivity index (χ0) is 21.3. The fourth-order valence-electron chi connectivity index (χ4n) is 3.03. The van der Waals surface area contributed by atoms with E-state index in [4.69, 9.17) is 14.2 Å². The lowest BCUT2D eigenvalue weighted by molar-refractivity contribution is -0.124. The van der Waals surface area contributed by atoms with Gasteiger partial charge in [-0.3, -0.25) is 4.79 Å². The Kier molecular flexibility index (Phi) is 7.05. The van der Waals surface area contributed by atoms with Gasteiger partial charge in [-0.25, -0.2) is 4.79 Å². The summed E-state index contributed by atoms with van der Waals surface area (Å²) in [5.41, 5.74) is 2.06. The quantitative estimate of drug-likeness (QED) is 0.578. The summed E-state index contributed by atoms with van der Waals surface area (Å²) in [4.78, 5) is 24.9. The monoisotopic (exact) mass is 405 g/mol. The van der Waals surface area contributed by atoms with Gasteiger partial charge in [-0.1, -0.05) is 54.6 Å². The molecule has 3 aromatic carbocycles. The molecule has 0 aliphatic heterocycles. The average Bonchev–Trinajstić information content (AvgIpc) is 2.81. The first-order chi connectivity index (χ1) is 14.6. The number of hydrogen-bond donors (Lipinski definition) is 1. The zero-order valence-electron chi connectivity index (χ0n) is 16.8. The third-order valence-corrected chi connectivity index (χ3v) is 4.55. The third kappa shape index (κ3) is 5.17. The van der Waals surface area contributed by atoms with Gasteiger partial charge in [0.2, 0.25) is 0 Å². The van der Waals surface area contributed by atoms with E-state index in [0.717, 1.165) is 16.9 Å². The smallest absolute Gasteiger partial charge is 0.342 e. The Morgan fingerprint density at radius 1 is 0.800 bits per heavy atom. The zero-order valence-corrected chi connectivity index (χ0v) is 16.8. The molecule has 154 valence electrons. The molecule has 3 aromatic rings. The lowest BCUT2D eigenvalue weighted by Crippen LogP contribution is -2.33. The largest absolute Gasteiger partial charge is 0.497 e. The van der Waals surface area contributed by atoms with Crippen LogP contribution in [-0.4, -0.2) is 32.7 Å². The molecule has 0 radical (unpaired) electrons. The second-order valence-electron chi connectivity index (χ2n) is 6.46. The van der Waals surface area contributed by atoms with Gasteiger partial charge in [-0.05, 0) is 35.4 Å². The topological polar surface area (TPSA) is 73.9 Å². The minimum atomic E-state index is -0.622. The van der Waals surface area contributed by atoms with E-state index in [9.17, 15) is 9.59 Å². The molecule has 1 atom stereocenters. The van der Waals surface area contributed by atoms with Crippen LogP contribution in [0.4, 0.5) is 0 Å². The Morgan fingerprint density at radius 2 is 1.43 bits per heavy atom. The second kappa shape index (κ2) is 10.1. The minimum absolute atomic E-state index is 0.266. The summed E-state index contributed by atoms with van der Waals surface area (Å²) in [6, 6.07) is 23.3. The Bertz CT molecular complexity index is 986. The van der Waals surface area contributed by atoms with Gasteiger partial charge >= 0.3 is 5.97 Å². The third-order valence-electron chi connectivity index (χ3n) is 4.55. The summed E-state index contributed by atoms with van der Waals surface area (Å²) in [5.74, 6) is 0.0807. The van der Waals surface area contributed by atoms with Crippen molar-refractivity contribution in [2.75, 3.05) is 20.8 Å². The van der Waals surface area contributed by atoms with Crippen molar-refractivity contribution < 1.29 is 23.8 Å². The summed E-state index contributed by atoms with van der Waals surface area (Å²) in [6.45, 7) is -0.406. The van der Waals surface area contributed by atoms with E-state index in [2.05, 4.69) is 5.32 Å². The number of amides is 1. The molecule has 6 heteroatoms. The fourth-order valence-corrected chi connectivity index (χ4v) is 3.03. The number of rotatable bonds is 8. The van der Waals surface area contributed by atoms with E-state index in [1.807, 2.05) is 54.6 Å². The second-order valence-corrected chi connectivity index (χ2v) is 6.46. The van der Waals surface area contributed by atoms with Crippen LogP contribution in [0.15, 0.2) is 78.9 Å². The van der Waals surface area contributed by atoms with E-state index in [1.165, 1.54) is 7.11 Å². The fraction of sp³-hybridized carbons (Fsp3) is 0.167. The molecule has 1 amide bonds. The van der Waals surface area contributed by atoms with Crippen LogP contribution < -0.4 is 14.8 Å². The maximum atomic E-state index is 12.6. The molecule has 1 N–H and O–H groups in total. The van der Waals surface area contributed by atoms with Crippen LogP contribution in [0.2, 0.25) is 0 Å². The molecule has 0 aliphatic carbocycles. The maximum Gasteiger partial charge on any atom is 0.342 e. The standard InChI is InChI=1S/C24H23NO5/c1-28-19-14-12-18(13-15-19)23(17-8-4-3-5-9-17)25-22(26)16-30-24(27)20-10-6-7-11-21(20)29-2/h3-15,23H,16H2,1-2H3,(H,25,26)/t23-/m0/s1. The Hall–Kier alpha value is -3.80. The molecule has 0 bridgehead atoms. The molecule has 0 aliphatic rings. The number of para-hydroxylation sites is 1. The number of benzene rings is 3. The molecule has 0 heterocycles. The van der Waals surface area contributed by atoms with Gasteiger partial charge in [0.1, 0.15) is 17.1 Å². The van der Waals surface area contributed by atoms with Crippen molar-refractivity contribution in [2.45, 2.75) is 6.04 Å². The van der Waals surface area contributed by atoms with Gasteiger partial charge in [0.15, 0.2) is 6.61 Å². The predicted molar refractivity (Wildman–Crippen MR) is 113 cm³/mol. The van der Waals surface area contributed by atoms with E-state index in [0.29, 0.717) is 5.75 Å². The molecule has 3 rings (SSSR count). The van der Waals surface area contributed by atoms with Crippen molar-refractivity contribution in [3.63, 3.8) is 0 Å². The molecule has 0 saturated heterocycles. The molecule has 0 saturated carbocycles. The van der Waals surface area contributed by atoms with Crippen molar-refractivity contribution >= 4 is 11.9 Å². The van der Waals surface area contributed by atoms with Crippen molar-refractivity contribution in [1.82, 2.24) is 5.32 Å². The molecule has 0 aromatic heterocycles. The summed E-state index contributed by atoms with van der Waals surface area (Å²) in [5, 5.41) is 2.93. The van der Waals surface area contributed by atoms with Gasteiger partial charge in [0, 0.05) is 0 Å². The molecule has 6 nitrogen and oxygen atoms in total. The van der Waals surface area contributed by atoms with Crippen LogP contribution in [0.5, 0.6) is 11.5 Å². The van der Waals surface area contributed by atoms with Gasteiger partial charge < -0.3 is 19.5 Å². The van der Waals surface area contributed by atoms with Crippen molar-refractivity contribution in [3.8, 4) is 11.5 Å². The molecule has 0 spiro atoms. The lowest BCUT2D eigenvalue weighted by atomic mass is 9.98. The summed E-state index contributed by atoms with van der Waals surface area (Å²) in [7, 11) is 3.07. The molecular weight excluding hydrogens is 382 g/mol. The van der Waals surface area contributed by atoms with Crippen LogP contribution >= 0.6 is 0 Å². The molecule has 0 unspecified atom stereocenters. The molecule has 30 heavy (non-hydrogen) atoms. The van der Waals surface area contributed by atoms with E-state index < -0.39 is 24.5 Å². The van der Waals surface area contributed by atoms with Gasteiger partial charge in [-0.2, -0.15) is 0 Å². The van der Waals surface area contributed by atoms with Crippen LogP contribution in [0.3, 0.4) is 0 Å². The highest BCUT2D eigenvalue weighted by atomic mass is 16.5. The number of ether oxygens (including phenoxy) is 3. The first kappa shape index (κ1) is 20.9. The summed E-state index contributed by atoms with van der Waals surface area (Å²) in [6.07, 6.45) is 0. The Labute approximate surface area is 175 Å². The van der Waals surface area contributed by atoms with E-state index in [1.54, 1.807) is 31.4 Å². The van der Waals surface area contributed by atoms with Crippen molar-refractivity contribution in [2.24, 2.45) is 0 Å². The Morgan fingerprint density at radius 3 is 2.10 bits per heavy atom. The number of nitrogens with one attached hydrogen (secondary N) is 1. The van der Waals surface area contributed by atoms with Crippen molar-refractivity contribution in [3.05, 3.63) is 95.6 Å². The minimum Gasteiger partial charge on any atom is -0.497 e.